The van der Waals surface area contributed by atoms with Crippen LogP contribution in [0.3, 0.4) is 0 Å². The maximum atomic E-state index is 13.2. The van der Waals surface area contributed by atoms with Crippen molar-refractivity contribution in [1.29, 1.82) is 0 Å². The van der Waals surface area contributed by atoms with Crippen LogP contribution in [0.2, 0.25) is 0 Å². The fraction of sp³-hybridized carbons (Fsp3) is 0.190. The molecule has 28 heavy (non-hydrogen) atoms. The van der Waals surface area contributed by atoms with Gasteiger partial charge in [-0.1, -0.05) is 18.2 Å². The number of furan rings is 1. The highest BCUT2D eigenvalue weighted by atomic mass is 32.2. The normalized spacial score (nSPS) is 12.4. The Bertz CT molecular complexity index is 1040. The first-order chi connectivity index (χ1) is 13.4. The lowest BCUT2D eigenvalue weighted by atomic mass is 10.1. The second kappa shape index (κ2) is 8.31. The predicted molar refractivity (Wildman–Crippen MR) is 105 cm³/mol. The van der Waals surface area contributed by atoms with Crippen molar-refractivity contribution in [2.24, 2.45) is 0 Å². The molecule has 0 aliphatic carbocycles. The predicted octanol–water partition coefficient (Wildman–Crippen LogP) is 3.54. The molecule has 1 N–H and O–H groups in total. The van der Waals surface area contributed by atoms with Gasteiger partial charge in [0.15, 0.2) is 9.84 Å². The van der Waals surface area contributed by atoms with Crippen molar-refractivity contribution in [2.75, 3.05) is 13.7 Å². The molecule has 3 aromatic rings. The van der Waals surface area contributed by atoms with Crippen molar-refractivity contribution >= 4 is 15.7 Å². The quantitative estimate of drug-likeness (QED) is 0.657. The maximum Gasteiger partial charge on any atom is 0.251 e. The molecule has 0 saturated carbocycles. The number of carbonyl (C=O) groups excluding carboxylic acids is 1. The summed E-state index contributed by atoms with van der Waals surface area (Å²) in [6.45, 7) is 1.71. The number of methoxy groups -OCH3 is 1. The molecule has 1 heterocycles. The Morgan fingerprint density at radius 2 is 1.79 bits per heavy atom. The fourth-order valence-electron chi connectivity index (χ4n) is 2.88. The van der Waals surface area contributed by atoms with Gasteiger partial charge >= 0.3 is 0 Å². The highest BCUT2D eigenvalue weighted by molar-refractivity contribution is 7.91. The number of sulfone groups is 1. The molecule has 0 aliphatic rings. The Hall–Kier alpha value is -3.06. The molecule has 1 unspecified atom stereocenters. The van der Waals surface area contributed by atoms with Crippen LogP contribution in [0.5, 0.6) is 5.75 Å². The highest BCUT2D eigenvalue weighted by Crippen LogP contribution is 2.30. The number of rotatable bonds is 7. The number of hydrogen-bond acceptors (Lipinski definition) is 5. The van der Waals surface area contributed by atoms with E-state index in [4.69, 9.17) is 9.15 Å². The molecule has 6 nitrogen and oxygen atoms in total. The van der Waals surface area contributed by atoms with Gasteiger partial charge in [0.1, 0.15) is 16.8 Å². The third-order valence-electron chi connectivity index (χ3n) is 4.46. The van der Waals surface area contributed by atoms with E-state index in [0.717, 1.165) is 5.56 Å². The summed E-state index contributed by atoms with van der Waals surface area (Å²) in [5.74, 6) is 0.488. The first-order valence-electron chi connectivity index (χ1n) is 8.68. The van der Waals surface area contributed by atoms with Crippen LogP contribution in [0, 0.1) is 6.92 Å². The van der Waals surface area contributed by atoms with E-state index in [1.165, 1.54) is 25.5 Å². The molecule has 1 aromatic heterocycles. The maximum absolute atomic E-state index is 13.2. The highest BCUT2D eigenvalue weighted by Gasteiger charge is 2.32. The average Bonchev–Trinajstić information content (AvgIpc) is 3.22. The molecule has 146 valence electrons. The zero-order valence-electron chi connectivity index (χ0n) is 15.6. The molecule has 1 amide bonds. The molecule has 1 atom stereocenters. The summed E-state index contributed by atoms with van der Waals surface area (Å²) in [5.41, 5.74) is 1.31. The molecular weight excluding hydrogens is 378 g/mol. The third-order valence-corrected chi connectivity index (χ3v) is 6.54. The van der Waals surface area contributed by atoms with Crippen LogP contribution >= 0.6 is 0 Å². The number of amides is 1. The first-order valence-corrected chi connectivity index (χ1v) is 10.2. The van der Waals surface area contributed by atoms with E-state index < -0.39 is 15.1 Å². The largest absolute Gasteiger partial charge is 0.497 e. The van der Waals surface area contributed by atoms with Crippen molar-refractivity contribution in [3.8, 4) is 5.75 Å². The molecule has 7 heteroatoms. The van der Waals surface area contributed by atoms with Gasteiger partial charge in [0.2, 0.25) is 0 Å². The summed E-state index contributed by atoms with van der Waals surface area (Å²) >= 11 is 0. The zero-order chi connectivity index (χ0) is 20.1. The zero-order valence-corrected chi connectivity index (χ0v) is 16.4. The van der Waals surface area contributed by atoms with Gasteiger partial charge in [-0.25, -0.2) is 8.42 Å². The SMILES string of the molecule is COc1ccc(S(=O)(=O)C(CNC(=O)c2ccccc2C)c2ccco2)cc1. The summed E-state index contributed by atoms with van der Waals surface area (Å²) in [7, 11) is -2.29. The minimum atomic E-state index is -3.80. The Balaban J connectivity index is 1.87. The summed E-state index contributed by atoms with van der Waals surface area (Å²) in [6.07, 6.45) is 1.41. The van der Waals surface area contributed by atoms with E-state index in [-0.39, 0.29) is 23.1 Å². The Morgan fingerprint density at radius 3 is 2.39 bits per heavy atom. The van der Waals surface area contributed by atoms with E-state index in [0.29, 0.717) is 11.3 Å². The Morgan fingerprint density at radius 1 is 1.07 bits per heavy atom. The van der Waals surface area contributed by atoms with Gasteiger partial charge in [0.05, 0.1) is 18.3 Å². The van der Waals surface area contributed by atoms with E-state index in [9.17, 15) is 13.2 Å². The molecule has 0 spiro atoms. The van der Waals surface area contributed by atoms with Crippen LogP contribution in [0.1, 0.15) is 26.9 Å². The van der Waals surface area contributed by atoms with Crippen LogP contribution in [-0.4, -0.2) is 28.0 Å². The fourth-order valence-corrected chi connectivity index (χ4v) is 4.46. The number of aryl methyl sites for hydroxylation is 1. The van der Waals surface area contributed by atoms with Crippen LogP contribution in [0.15, 0.2) is 76.2 Å². The lowest BCUT2D eigenvalue weighted by molar-refractivity contribution is 0.0952. The minimum absolute atomic E-state index is 0.116. The number of ether oxygens (including phenoxy) is 1. The van der Waals surface area contributed by atoms with Gasteiger partial charge in [-0.2, -0.15) is 0 Å². The van der Waals surface area contributed by atoms with Crippen LogP contribution in [0.4, 0.5) is 0 Å². The Kier molecular flexibility index (Phi) is 5.84. The molecule has 2 aromatic carbocycles. The van der Waals surface area contributed by atoms with Crippen molar-refractivity contribution in [3.05, 3.63) is 83.8 Å². The van der Waals surface area contributed by atoms with Gasteiger partial charge < -0.3 is 14.5 Å². The summed E-state index contributed by atoms with van der Waals surface area (Å²) in [6, 6.07) is 16.5. The first kappa shape index (κ1) is 19.7. The van der Waals surface area contributed by atoms with Crippen LogP contribution < -0.4 is 10.1 Å². The van der Waals surface area contributed by atoms with Gasteiger partial charge in [-0.3, -0.25) is 4.79 Å². The van der Waals surface area contributed by atoms with Crippen LogP contribution in [0.25, 0.3) is 0 Å². The molecule has 0 fully saturated rings. The molecule has 0 aliphatic heterocycles. The second-order valence-electron chi connectivity index (χ2n) is 6.25. The lowest BCUT2D eigenvalue weighted by Crippen LogP contribution is -2.32. The average molecular weight is 399 g/mol. The molecule has 0 radical (unpaired) electrons. The molecular formula is C21H21NO5S. The Labute approximate surface area is 164 Å². The minimum Gasteiger partial charge on any atom is -0.497 e. The topological polar surface area (TPSA) is 85.6 Å². The van der Waals surface area contributed by atoms with Crippen molar-refractivity contribution in [2.45, 2.75) is 17.1 Å². The van der Waals surface area contributed by atoms with E-state index in [1.807, 2.05) is 19.1 Å². The smallest absolute Gasteiger partial charge is 0.251 e. The van der Waals surface area contributed by atoms with Crippen molar-refractivity contribution < 1.29 is 22.4 Å². The van der Waals surface area contributed by atoms with Gasteiger partial charge in [0, 0.05) is 12.1 Å². The van der Waals surface area contributed by atoms with E-state index in [1.54, 1.807) is 36.4 Å². The second-order valence-corrected chi connectivity index (χ2v) is 8.38. The third kappa shape index (κ3) is 4.09. The lowest BCUT2D eigenvalue weighted by Gasteiger charge is -2.17. The number of hydrogen-bond donors (Lipinski definition) is 1. The van der Waals surface area contributed by atoms with Crippen molar-refractivity contribution in [1.82, 2.24) is 5.32 Å². The number of benzene rings is 2. The van der Waals surface area contributed by atoms with E-state index in [2.05, 4.69) is 5.32 Å². The van der Waals surface area contributed by atoms with E-state index >= 15 is 0 Å². The summed E-state index contributed by atoms with van der Waals surface area (Å²) in [4.78, 5) is 12.7. The molecule has 0 saturated heterocycles. The standard InChI is InChI=1S/C21H21NO5S/c1-15-6-3-4-7-18(15)21(23)22-14-20(19-8-5-13-27-19)28(24,25)17-11-9-16(26-2)10-12-17/h3-13,20H,14H2,1-2H3,(H,22,23). The van der Waals surface area contributed by atoms with Crippen LogP contribution in [-0.2, 0) is 9.84 Å². The monoisotopic (exact) mass is 399 g/mol. The summed E-state index contributed by atoms with van der Waals surface area (Å²) < 4.78 is 36.8. The molecule has 0 bridgehead atoms. The number of nitrogens with one attached hydrogen (secondary N) is 1. The van der Waals surface area contributed by atoms with Gasteiger partial charge in [0.25, 0.3) is 5.91 Å². The van der Waals surface area contributed by atoms with Gasteiger partial charge in [-0.05, 0) is 55.0 Å². The summed E-state index contributed by atoms with van der Waals surface area (Å²) in [5, 5.41) is 1.67. The van der Waals surface area contributed by atoms with Gasteiger partial charge in [-0.15, -0.1) is 0 Å². The molecule has 3 rings (SSSR count). The van der Waals surface area contributed by atoms with Crippen molar-refractivity contribution in [3.63, 3.8) is 0 Å². The number of carbonyl (C=O) groups is 1.